The van der Waals surface area contributed by atoms with Crippen molar-refractivity contribution in [3.8, 4) is 0 Å². The fraction of sp³-hybridized carbons (Fsp3) is 0.429. The van der Waals surface area contributed by atoms with Gasteiger partial charge in [0.05, 0.1) is 0 Å². The van der Waals surface area contributed by atoms with Gasteiger partial charge in [-0.3, -0.25) is 6.08 Å². The van der Waals surface area contributed by atoms with Gasteiger partial charge in [-0.05, 0) is 0 Å². The molecule has 0 aromatic heterocycles. The summed E-state index contributed by atoms with van der Waals surface area (Å²) >= 11 is 0. The van der Waals surface area contributed by atoms with Crippen molar-refractivity contribution in [2.24, 2.45) is 0 Å². The average molecular weight is 188 g/mol. The van der Waals surface area contributed by atoms with Crippen molar-refractivity contribution < 1.29 is 26.2 Å². The fourth-order valence-electron chi connectivity index (χ4n) is 0.510. The first-order valence-corrected chi connectivity index (χ1v) is 2.05. The summed E-state index contributed by atoms with van der Waals surface area (Å²) in [4.78, 5) is 0. The molecule has 0 nitrogen and oxygen atoms in total. The third-order valence-electron chi connectivity index (χ3n) is 0.814. The molecule has 0 aromatic carbocycles. The maximum Gasteiger partial charge on any atom is 3.00 e. The Balaban J connectivity index is -0.0000000833. The minimum atomic E-state index is 0. The van der Waals surface area contributed by atoms with E-state index in [1.165, 1.54) is 19.3 Å². The summed E-state index contributed by atoms with van der Waals surface area (Å²) in [6.07, 6.45) is 9.00. The quantitative estimate of drug-likeness (QED) is 0.512. The zero-order valence-electron chi connectivity index (χ0n) is 5.70. The van der Waals surface area contributed by atoms with Gasteiger partial charge in [-0.15, -0.1) is 0 Å². The van der Waals surface area contributed by atoms with Crippen LogP contribution in [0.25, 0.3) is 0 Å². The Morgan fingerprint density at radius 2 is 1.88 bits per heavy atom. The predicted octanol–water partition coefficient (Wildman–Crippen LogP) is 2.43. The zero-order valence-corrected chi connectivity index (χ0v) is 8.16. The molecule has 1 rings (SSSR count). The van der Waals surface area contributed by atoms with E-state index in [1.807, 2.05) is 0 Å². The SMILES string of the molecule is [C-]1=CCCC1.[CH3-].[CH3-].[Zr+3]. The molecule has 45 valence electrons. The maximum absolute atomic E-state index is 3.10. The second kappa shape index (κ2) is 10.6. The number of hydrogen-bond donors (Lipinski definition) is 0. The van der Waals surface area contributed by atoms with E-state index in [2.05, 4.69) is 12.2 Å². The first-order chi connectivity index (χ1) is 2.50. The van der Waals surface area contributed by atoms with Crippen molar-refractivity contribution >= 4 is 0 Å². The van der Waals surface area contributed by atoms with E-state index in [9.17, 15) is 0 Å². The van der Waals surface area contributed by atoms with Gasteiger partial charge in [0.1, 0.15) is 0 Å². The van der Waals surface area contributed by atoms with Gasteiger partial charge in [0, 0.05) is 0 Å². The molecule has 1 aliphatic rings. The first-order valence-electron chi connectivity index (χ1n) is 2.05. The van der Waals surface area contributed by atoms with E-state index in [4.69, 9.17) is 0 Å². The molecule has 0 bridgehead atoms. The Hall–Kier alpha value is 0.623. The molecule has 0 unspecified atom stereocenters. The van der Waals surface area contributed by atoms with Crippen molar-refractivity contribution in [2.75, 3.05) is 0 Å². The van der Waals surface area contributed by atoms with Gasteiger partial charge in [-0.25, -0.2) is 0 Å². The normalized spacial score (nSPS) is 13.0. The molecule has 8 heavy (non-hydrogen) atoms. The van der Waals surface area contributed by atoms with E-state index >= 15 is 0 Å². The van der Waals surface area contributed by atoms with Crippen LogP contribution in [0, 0.1) is 20.9 Å². The van der Waals surface area contributed by atoms with Gasteiger partial charge in [-0.2, -0.15) is 6.42 Å². The summed E-state index contributed by atoms with van der Waals surface area (Å²) in [6, 6.07) is 0. The molecule has 0 spiro atoms. The van der Waals surface area contributed by atoms with Gasteiger partial charge in [0.2, 0.25) is 0 Å². The smallest absolute Gasteiger partial charge is 0.501 e. The van der Waals surface area contributed by atoms with E-state index in [0.29, 0.717) is 0 Å². The van der Waals surface area contributed by atoms with Crippen LogP contribution in [0.4, 0.5) is 0 Å². The Bertz CT molecular complexity index is 42.3. The minimum absolute atomic E-state index is 0. The van der Waals surface area contributed by atoms with Crippen LogP contribution in [-0.2, 0) is 26.2 Å². The van der Waals surface area contributed by atoms with Crippen LogP contribution in [0.15, 0.2) is 6.08 Å². The summed E-state index contributed by atoms with van der Waals surface area (Å²) in [6.45, 7) is 0. The molecule has 1 radical (unpaired) electrons. The second-order valence-corrected chi connectivity index (χ2v) is 1.30. The van der Waals surface area contributed by atoms with Crippen molar-refractivity contribution in [1.29, 1.82) is 0 Å². The molecule has 0 amide bonds. The number of rotatable bonds is 0. The molecule has 0 N–H and O–H groups in total. The summed E-state index contributed by atoms with van der Waals surface area (Å²) in [7, 11) is 0. The molecule has 0 aromatic rings. The van der Waals surface area contributed by atoms with Crippen molar-refractivity contribution in [3.05, 3.63) is 27.0 Å². The Kier molecular flexibility index (Phi) is 21.0. The van der Waals surface area contributed by atoms with Crippen LogP contribution in [0.1, 0.15) is 19.3 Å². The van der Waals surface area contributed by atoms with Gasteiger partial charge in [-0.1, -0.05) is 12.8 Å². The van der Waals surface area contributed by atoms with Gasteiger partial charge >= 0.3 is 26.2 Å². The van der Waals surface area contributed by atoms with Crippen molar-refractivity contribution in [3.63, 3.8) is 0 Å². The largest absolute Gasteiger partial charge is 3.00 e. The van der Waals surface area contributed by atoms with Crippen LogP contribution >= 0.6 is 0 Å². The van der Waals surface area contributed by atoms with Gasteiger partial charge in [0.15, 0.2) is 0 Å². The zero-order chi connectivity index (χ0) is 3.54. The van der Waals surface area contributed by atoms with Gasteiger partial charge < -0.3 is 20.9 Å². The molecule has 0 saturated heterocycles. The molecule has 1 heteroatoms. The van der Waals surface area contributed by atoms with Crippen LogP contribution in [0.3, 0.4) is 0 Å². The molecular weight excluding hydrogens is 175 g/mol. The molecular formula is C7H13Zr. The second-order valence-electron chi connectivity index (χ2n) is 1.30. The predicted molar refractivity (Wildman–Crippen MR) is 34.5 cm³/mol. The first kappa shape index (κ1) is 15.8. The summed E-state index contributed by atoms with van der Waals surface area (Å²) in [5, 5.41) is 0. The Morgan fingerprint density at radius 3 is 2.00 bits per heavy atom. The third kappa shape index (κ3) is 6.62. The van der Waals surface area contributed by atoms with E-state index in [0.717, 1.165) is 0 Å². The molecule has 0 saturated carbocycles. The third-order valence-corrected chi connectivity index (χ3v) is 0.814. The summed E-state index contributed by atoms with van der Waals surface area (Å²) in [5.41, 5.74) is 0. The van der Waals surface area contributed by atoms with E-state index in [-0.39, 0.29) is 41.1 Å². The Morgan fingerprint density at radius 1 is 1.25 bits per heavy atom. The maximum atomic E-state index is 3.10. The topological polar surface area (TPSA) is 0 Å². The number of hydrogen-bond acceptors (Lipinski definition) is 0. The van der Waals surface area contributed by atoms with Crippen LogP contribution in [-0.4, -0.2) is 0 Å². The summed E-state index contributed by atoms with van der Waals surface area (Å²) in [5.74, 6) is 0. The molecule has 0 atom stereocenters. The molecule has 0 fully saturated rings. The average Bonchev–Trinajstić information content (AvgIpc) is 1.76. The van der Waals surface area contributed by atoms with E-state index < -0.39 is 0 Å². The number of allylic oxidation sites excluding steroid dienone is 2. The van der Waals surface area contributed by atoms with E-state index in [1.54, 1.807) is 0 Å². The van der Waals surface area contributed by atoms with Crippen molar-refractivity contribution in [2.45, 2.75) is 19.3 Å². The minimum Gasteiger partial charge on any atom is -0.501 e. The Labute approximate surface area is 72.5 Å². The van der Waals surface area contributed by atoms with Crippen LogP contribution in [0.5, 0.6) is 0 Å². The fourth-order valence-corrected chi connectivity index (χ4v) is 0.510. The molecule has 0 heterocycles. The monoisotopic (exact) mass is 187 g/mol. The van der Waals surface area contributed by atoms with Gasteiger partial charge in [0.25, 0.3) is 0 Å². The van der Waals surface area contributed by atoms with Crippen molar-refractivity contribution in [1.82, 2.24) is 0 Å². The van der Waals surface area contributed by atoms with Crippen LogP contribution < -0.4 is 0 Å². The standard InChI is InChI=1S/C5H7.2CH3.Zr/c1-2-4-5-3-1;;;/h1H,2,4-5H2;2*1H3;/q3*-1;+3. The molecule has 0 aliphatic heterocycles. The summed E-state index contributed by atoms with van der Waals surface area (Å²) < 4.78 is 0. The molecule has 1 aliphatic carbocycles. The van der Waals surface area contributed by atoms with Crippen LogP contribution in [0.2, 0.25) is 0 Å².